The molecule has 0 aromatic rings. The average Bonchev–Trinajstić information content (AvgIpc) is 2.14. The third-order valence-corrected chi connectivity index (χ3v) is 2.38. The molecular formula is C14H25NO3. The predicted molar refractivity (Wildman–Crippen MR) is 72.2 cm³/mol. The van der Waals surface area contributed by atoms with Crippen LogP contribution in [-0.4, -0.2) is 23.0 Å². The molecule has 0 bridgehead atoms. The third kappa shape index (κ3) is 7.87. The van der Waals surface area contributed by atoms with E-state index in [4.69, 9.17) is 5.11 Å². The van der Waals surface area contributed by atoms with Crippen LogP contribution in [0.5, 0.6) is 0 Å². The maximum Gasteiger partial charge on any atom is 0.307 e. The minimum absolute atomic E-state index is 0.0139. The molecule has 0 aliphatic heterocycles. The molecule has 1 amide bonds. The van der Waals surface area contributed by atoms with Gasteiger partial charge in [0.25, 0.3) is 0 Å². The van der Waals surface area contributed by atoms with Gasteiger partial charge in [-0.05, 0) is 12.3 Å². The molecule has 0 rings (SSSR count). The van der Waals surface area contributed by atoms with E-state index in [9.17, 15) is 9.59 Å². The Bertz CT molecular complexity index is 313. The first-order valence-corrected chi connectivity index (χ1v) is 6.32. The topological polar surface area (TPSA) is 66.4 Å². The van der Waals surface area contributed by atoms with Crippen molar-refractivity contribution in [2.24, 2.45) is 11.3 Å². The van der Waals surface area contributed by atoms with Crippen LogP contribution in [0.3, 0.4) is 0 Å². The summed E-state index contributed by atoms with van der Waals surface area (Å²) >= 11 is 0. The molecule has 4 nitrogen and oxygen atoms in total. The highest BCUT2D eigenvalue weighted by atomic mass is 16.4. The summed E-state index contributed by atoms with van der Waals surface area (Å²) in [7, 11) is 0. The van der Waals surface area contributed by atoms with Crippen LogP contribution in [0.15, 0.2) is 12.2 Å². The number of hydrogen-bond acceptors (Lipinski definition) is 2. The lowest BCUT2D eigenvalue weighted by molar-refractivity contribution is -0.136. The predicted octanol–water partition coefficient (Wildman–Crippen LogP) is 2.59. The first-order chi connectivity index (χ1) is 8.12. The number of carbonyl (C=O) groups is 2. The summed E-state index contributed by atoms with van der Waals surface area (Å²) in [5.74, 6) is -0.449. The number of rotatable bonds is 6. The van der Waals surface area contributed by atoms with Crippen LogP contribution in [0.25, 0.3) is 0 Å². The van der Waals surface area contributed by atoms with Gasteiger partial charge in [-0.1, -0.05) is 46.8 Å². The van der Waals surface area contributed by atoms with E-state index in [-0.39, 0.29) is 18.4 Å². The summed E-state index contributed by atoms with van der Waals surface area (Å²) in [6, 6.07) is -0.101. The number of hydrogen-bond donors (Lipinski definition) is 2. The Morgan fingerprint density at radius 1 is 1.28 bits per heavy atom. The fourth-order valence-electron chi connectivity index (χ4n) is 1.41. The van der Waals surface area contributed by atoms with Gasteiger partial charge in [0.1, 0.15) is 0 Å². The minimum Gasteiger partial charge on any atom is -0.481 e. The second-order valence-corrected chi connectivity index (χ2v) is 5.99. The molecule has 0 fully saturated rings. The van der Waals surface area contributed by atoms with Crippen molar-refractivity contribution in [3.8, 4) is 0 Å². The molecule has 2 N–H and O–H groups in total. The minimum atomic E-state index is -0.864. The van der Waals surface area contributed by atoms with Gasteiger partial charge < -0.3 is 10.4 Å². The lowest BCUT2D eigenvalue weighted by atomic mass is 9.94. The largest absolute Gasteiger partial charge is 0.481 e. The fourth-order valence-corrected chi connectivity index (χ4v) is 1.41. The summed E-state index contributed by atoms with van der Waals surface area (Å²) in [4.78, 5) is 22.3. The zero-order valence-electron chi connectivity index (χ0n) is 12.0. The molecule has 0 aromatic heterocycles. The van der Waals surface area contributed by atoms with Crippen molar-refractivity contribution < 1.29 is 14.7 Å². The second kappa shape index (κ2) is 7.19. The summed E-state index contributed by atoms with van der Waals surface area (Å²) in [5, 5.41) is 11.5. The van der Waals surface area contributed by atoms with Crippen LogP contribution in [-0.2, 0) is 9.59 Å². The number of amides is 1. The molecule has 1 atom stereocenters. The lowest BCUT2D eigenvalue weighted by Crippen LogP contribution is -2.41. The average molecular weight is 255 g/mol. The zero-order valence-corrected chi connectivity index (χ0v) is 12.0. The van der Waals surface area contributed by atoms with Crippen LogP contribution in [0.4, 0.5) is 0 Å². The van der Waals surface area contributed by atoms with Crippen LogP contribution < -0.4 is 5.32 Å². The van der Waals surface area contributed by atoms with Crippen molar-refractivity contribution in [1.82, 2.24) is 5.32 Å². The smallest absolute Gasteiger partial charge is 0.307 e. The highest BCUT2D eigenvalue weighted by molar-refractivity contribution is 5.81. The molecule has 0 saturated carbocycles. The van der Waals surface area contributed by atoms with Crippen LogP contribution in [0.2, 0.25) is 0 Å². The Hall–Kier alpha value is -1.32. The molecular weight excluding hydrogens is 230 g/mol. The molecule has 18 heavy (non-hydrogen) atoms. The molecule has 104 valence electrons. The van der Waals surface area contributed by atoms with E-state index in [1.807, 2.05) is 20.8 Å². The Labute approximate surface area is 109 Å². The molecule has 0 heterocycles. The molecule has 0 radical (unpaired) electrons. The molecule has 0 saturated heterocycles. The standard InChI is InChI=1S/C14H25NO3/c1-10(2)9-11(7-6-8-12(16)17)15-13(18)14(3,4)5/h6-7,10-11H,8-9H2,1-5H3,(H,15,18)(H,16,17)/b7-6+/t11-/m1/s1. The van der Waals surface area contributed by atoms with Crippen molar-refractivity contribution in [2.45, 2.75) is 53.5 Å². The van der Waals surface area contributed by atoms with E-state index in [1.165, 1.54) is 0 Å². The number of aliphatic carboxylic acids is 1. The van der Waals surface area contributed by atoms with Gasteiger partial charge in [-0.15, -0.1) is 0 Å². The van der Waals surface area contributed by atoms with E-state index in [0.29, 0.717) is 5.92 Å². The van der Waals surface area contributed by atoms with E-state index >= 15 is 0 Å². The summed E-state index contributed by atoms with van der Waals surface area (Å²) in [5.41, 5.74) is -0.435. The van der Waals surface area contributed by atoms with Crippen LogP contribution in [0, 0.1) is 11.3 Å². The highest BCUT2D eigenvalue weighted by Crippen LogP contribution is 2.15. The molecule has 0 aliphatic rings. The van der Waals surface area contributed by atoms with Crippen molar-refractivity contribution in [3.05, 3.63) is 12.2 Å². The van der Waals surface area contributed by atoms with Crippen molar-refractivity contribution in [1.29, 1.82) is 0 Å². The van der Waals surface area contributed by atoms with E-state index in [0.717, 1.165) is 6.42 Å². The summed E-state index contributed by atoms with van der Waals surface area (Å²) < 4.78 is 0. The normalized spacial score (nSPS) is 13.9. The van der Waals surface area contributed by atoms with E-state index in [1.54, 1.807) is 12.2 Å². The van der Waals surface area contributed by atoms with Gasteiger partial charge in [0.15, 0.2) is 0 Å². The number of carbonyl (C=O) groups excluding carboxylic acids is 1. The molecule has 4 heteroatoms. The van der Waals surface area contributed by atoms with Gasteiger partial charge >= 0.3 is 5.97 Å². The maximum atomic E-state index is 11.9. The van der Waals surface area contributed by atoms with Crippen molar-refractivity contribution in [3.63, 3.8) is 0 Å². The van der Waals surface area contributed by atoms with E-state index < -0.39 is 11.4 Å². The zero-order chi connectivity index (χ0) is 14.3. The number of carboxylic acids is 1. The van der Waals surface area contributed by atoms with Crippen molar-refractivity contribution >= 4 is 11.9 Å². The first-order valence-electron chi connectivity index (χ1n) is 6.32. The quantitative estimate of drug-likeness (QED) is 0.717. The monoisotopic (exact) mass is 255 g/mol. The second-order valence-electron chi connectivity index (χ2n) is 5.99. The summed E-state index contributed by atoms with van der Waals surface area (Å²) in [6.45, 7) is 9.71. The van der Waals surface area contributed by atoms with Gasteiger partial charge in [-0.3, -0.25) is 9.59 Å². The number of carboxylic acid groups (broad SMARTS) is 1. The third-order valence-electron chi connectivity index (χ3n) is 2.38. The van der Waals surface area contributed by atoms with Gasteiger partial charge in [0.05, 0.1) is 6.42 Å². The first kappa shape index (κ1) is 16.7. The Morgan fingerprint density at radius 2 is 1.83 bits per heavy atom. The van der Waals surface area contributed by atoms with Crippen LogP contribution in [0.1, 0.15) is 47.5 Å². The molecule has 0 unspecified atom stereocenters. The highest BCUT2D eigenvalue weighted by Gasteiger charge is 2.23. The summed E-state index contributed by atoms with van der Waals surface area (Å²) in [6.07, 6.45) is 4.16. The Kier molecular flexibility index (Phi) is 6.66. The number of nitrogens with one attached hydrogen (secondary N) is 1. The SMILES string of the molecule is CC(C)C[C@@H](/C=C/CC(=O)O)NC(=O)C(C)(C)C. The maximum absolute atomic E-state index is 11.9. The van der Waals surface area contributed by atoms with Gasteiger partial charge in [-0.25, -0.2) is 0 Å². The van der Waals surface area contributed by atoms with Gasteiger partial charge in [0.2, 0.25) is 5.91 Å². The van der Waals surface area contributed by atoms with E-state index in [2.05, 4.69) is 19.2 Å². The van der Waals surface area contributed by atoms with Crippen LogP contribution >= 0.6 is 0 Å². The Morgan fingerprint density at radius 3 is 2.22 bits per heavy atom. The molecule has 0 aromatic carbocycles. The molecule has 0 spiro atoms. The Balaban J connectivity index is 4.54. The van der Waals surface area contributed by atoms with Gasteiger partial charge in [-0.2, -0.15) is 0 Å². The fraction of sp³-hybridized carbons (Fsp3) is 0.714. The lowest BCUT2D eigenvalue weighted by Gasteiger charge is -2.23. The van der Waals surface area contributed by atoms with Crippen molar-refractivity contribution in [2.75, 3.05) is 0 Å². The van der Waals surface area contributed by atoms with Gasteiger partial charge in [0, 0.05) is 11.5 Å². The molecule has 0 aliphatic carbocycles.